The Labute approximate surface area is 161 Å². The summed E-state index contributed by atoms with van der Waals surface area (Å²) in [6, 6.07) is 15.7. The number of piperazine rings is 1. The van der Waals surface area contributed by atoms with Gasteiger partial charge >= 0.3 is 0 Å². The zero-order valence-electron chi connectivity index (χ0n) is 14.4. The predicted octanol–water partition coefficient (Wildman–Crippen LogP) is 4.33. The van der Waals surface area contributed by atoms with Crippen molar-refractivity contribution < 1.29 is 8.81 Å². The average Bonchev–Trinajstić information content (AvgIpc) is 3.14. The Morgan fingerprint density at radius 1 is 0.963 bits per heavy atom. The van der Waals surface area contributed by atoms with Crippen molar-refractivity contribution in [2.75, 3.05) is 36.0 Å². The Balaban J connectivity index is 1.52. The third-order valence-corrected chi connectivity index (χ3v) is 4.82. The maximum absolute atomic E-state index is 13.1. The van der Waals surface area contributed by atoms with Crippen LogP contribution in [-0.2, 0) is 0 Å². The normalized spacial score (nSPS) is 14.3. The zero-order chi connectivity index (χ0) is 18.8. The van der Waals surface area contributed by atoms with Gasteiger partial charge in [-0.3, -0.25) is 0 Å². The first-order chi connectivity index (χ1) is 13.1. The number of hydrogen-bond donors (Lipinski definition) is 0. The monoisotopic (exact) mass is 382 g/mol. The van der Waals surface area contributed by atoms with Crippen molar-refractivity contribution in [2.45, 2.75) is 0 Å². The first kappa shape index (κ1) is 17.4. The van der Waals surface area contributed by atoms with Gasteiger partial charge in [-0.15, -0.1) is 0 Å². The largest absolute Gasteiger partial charge is 0.419 e. The van der Waals surface area contributed by atoms with Crippen molar-refractivity contribution >= 4 is 23.2 Å². The van der Waals surface area contributed by atoms with Crippen molar-refractivity contribution in [2.24, 2.45) is 0 Å². The van der Waals surface area contributed by atoms with Gasteiger partial charge < -0.3 is 14.2 Å². The molecule has 0 unspecified atom stereocenters. The molecule has 0 amide bonds. The second-order valence-electron chi connectivity index (χ2n) is 6.24. The van der Waals surface area contributed by atoms with Crippen LogP contribution in [0.1, 0.15) is 5.69 Å². The van der Waals surface area contributed by atoms with Crippen LogP contribution in [0.2, 0.25) is 5.02 Å². The molecule has 7 heteroatoms. The van der Waals surface area contributed by atoms with Gasteiger partial charge in [0.1, 0.15) is 11.9 Å². The summed E-state index contributed by atoms with van der Waals surface area (Å²) in [6.07, 6.45) is 0. The molecule has 5 nitrogen and oxygen atoms in total. The molecule has 0 atom stereocenters. The molecule has 0 saturated carbocycles. The maximum atomic E-state index is 13.1. The van der Waals surface area contributed by atoms with Crippen molar-refractivity contribution in [3.05, 3.63) is 65.1 Å². The highest BCUT2D eigenvalue weighted by atomic mass is 35.5. The minimum Gasteiger partial charge on any atom is -0.419 e. The summed E-state index contributed by atoms with van der Waals surface area (Å²) in [5.41, 5.74) is 2.03. The van der Waals surface area contributed by atoms with Gasteiger partial charge in [-0.25, -0.2) is 4.39 Å². The summed E-state index contributed by atoms with van der Waals surface area (Å²) in [4.78, 5) is 8.52. The van der Waals surface area contributed by atoms with E-state index in [9.17, 15) is 9.65 Å². The zero-order valence-corrected chi connectivity index (χ0v) is 15.2. The van der Waals surface area contributed by atoms with E-state index in [-0.39, 0.29) is 11.5 Å². The van der Waals surface area contributed by atoms with Gasteiger partial charge in [0.15, 0.2) is 0 Å². The van der Waals surface area contributed by atoms with Gasteiger partial charge in [0, 0.05) is 42.5 Å². The van der Waals surface area contributed by atoms with E-state index in [0.29, 0.717) is 29.9 Å². The topological polar surface area (TPSA) is 56.3 Å². The second kappa shape index (κ2) is 7.29. The lowest BCUT2D eigenvalue weighted by molar-refractivity contribution is 0.531. The summed E-state index contributed by atoms with van der Waals surface area (Å²) in [7, 11) is 0. The molecule has 3 aromatic rings. The SMILES string of the molecule is N#Cc1nc(-c2ccc(Cl)cc2)oc1N1CCN(c2ccc(F)cc2)CC1. The molecule has 2 heterocycles. The second-order valence-corrected chi connectivity index (χ2v) is 6.68. The van der Waals surface area contributed by atoms with E-state index in [0.717, 1.165) is 24.3 Å². The predicted molar refractivity (Wildman–Crippen MR) is 102 cm³/mol. The van der Waals surface area contributed by atoms with Gasteiger partial charge in [-0.1, -0.05) is 11.6 Å². The van der Waals surface area contributed by atoms with Gasteiger partial charge in [0.2, 0.25) is 17.5 Å². The first-order valence-electron chi connectivity index (χ1n) is 8.56. The highest BCUT2D eigenvalue weighted by Crippen LogP contribution is 2.30. The number of anilines is 2. The fourth-order valence-electron chi connectivity index (χ4n) is 3.13. The molecule has 0 N–H and O–H groups in total. The Kier molecular flexibility index (Phi) is 4.69. The number of hydrogen-bond acceptors (Lipinski definition) is 5. The van der Waals surface area contributed by atoms with Crippen LogP contribution in [-0.4, -0.2) is 31.2 Å². The smallest absolute Gasteiger partial charge is 0.235 e. The van der Waals surface area contributed by atoms with E-state index < -0.39 is 0 Å². The van der Waals surface area contributed by atoms with Crippen LogP contribution < -0.4 is 9.80 Å². The van der Waals surface area contributed by atoms with Crippen LogP contribution in [0.4, 0.5) is 16.0 Å². The summed E-state index contributed by atoms with van der Waals surface area (Å²) in [5, 5.41) is 10.1. The molecule has 0 spiro atoms. The molecular formula is C20H16ClFN4O. The molecule has 0 bridgehead atoms. The molecule has 4 rings (SSSR count). The fraction of sp³-hybridized carbons (Fsp3) is 0.200. The van der Waals surface area contributed by atoms with E-state index >= 15 is 0 Å². The van der Waals surface area contributed by atoms with Gasteiger partial charge in [-0.05, 0) is 48.5 Å². The number of nitriles is 1. The molecule has 1 aromatic heterocycles. The summed E-state index contributed by atoms with van der Waals surface area (Å²) in [6.45, 7) is 2.85. The van der Waals surface area contributed by atoms with Gasteiger partial charge in [0.05, 0.1) is 0 Å². The molecule has 136 valence electrons. The van der Waals surface area contributed by atoms with Crippen LogP contribution in [0.3, 0.4) is 0 Å². The quantitative estimate of drug-likeness (QED) is 0.674. The third-order valence-electron chi connectivity index (χ3n) is 4.57. The van der Waals surface area contributed by atoms with Crippen LogP contribution in [0, 0.1) is 17.1 Å². The third kappa shape index (κ3) is 3.60. The lowest BCUT2D eigenvalue weighted by Crippen LogP contribution is -2.46. The average molecular weight is 383 g/mol. The van der Waals surface area contributed by atoms with Crippen LogP contribution >= 0.6 is 11.6 Å². The van der Waals surface area contributed by atoms with E-state index in [1.54, 1.807) is 24.3 Å². The number of benzene rings is 2. The molecule has 27 heavy (non-hydrogen) atoms. The molecule has 1 aliphatic rings. The highest BCUT2D eigenvalue weighted by molar-refractivity contribution is 6.30. The molecule has 1 fully saturated rings. The van der Waals surface area contributed by atoms with Crippen molar-refractivity contribution in [1.82, 2.24) is 4.98 Å². The highest BCUT2D eigenvalue weighted by Gasteiger charge is 2.24. The lowest BCUT2D eigenvalue weighted by Gasteiger charge is -2.35. The van der Waals surface area contributed by atoms with E-state index in [1.807, 2.05) is 17.0 Å². The standard InChI is InChI=1S/C20H16ClFN4O/c21-15-3-1-14(2-4-15)19-24-18(13-23)20(27-19)26-11-9-25(10-12-26)17-7-5-16(22)6-8-17/h1-8H,9-12H2. The Bertz CT molecular complexity index is 971. The fourth-order valence-corrected chi connectivity index (χ4v) is 3.26. The minimum atomic E-state index is -0.243. The van der Waals surface area contributed by atoms with E-state index in [4.69, 9.17) is 16.0 Å². The number of oxazole rings is 1. The Morgan fingerprint density at radius 3 is 2.22 bits per heavy atom. The molecule has 0 aliphatic carbocycles. The molecule has 2 aromatic carbocycles. The number of nitrogens with zero attached hydrogens (tertiary/aromatic N) is 4. The summed E-state index contributed by atoms with van der Waals surface area (Å²) in [5.74, 6) is 0.646. The number of aromatic nitrogens is 1. The summed E-state index contributed by atoms with van der Waals surface area (Å²) >= 11 is 5.92. The van der Waals surface area contributed by atoms with Crippen LogP contribution in [0.15, 0.2) is 52.9 Å². The van der Waals surface area contributed by atoms with Crippen LogP contribution in [0.25, 0.3) is 11.5 Å². The van der Waals surface area contributed by atoms with E-state index in [1.165, 1.54) is 12.1 Å². The van der Waals surface area contributed by atoms with Crippen molar-refractivity contribution in [1.29, 1.82) is 5.26 Å². The molecule has 1 aliphatic heterocycles. The van der Waals surface area contributed by atoms with Crippen molar-refractivity contribution in [3.63, 3.8) is 0 Å². The first-order valence-corrected chi connectivity index (χ1v) is 8.94. The molecule has 1 saturated heterocycles. The number of halogens is 2. The number of rotatable bonds is 3. The van der Waals surface area contributed by atoms with Gasteiger partial charge in [-0.2, -0.15) is 10.2 Å². The molecular weight excluding hydrogens is 367 g/mol. The minimum absolute atomic E-state index is 0.243. The summed E-state index contributed by atoms with van der Waals surface area (Å²) < 4.78 is 19.0. The van der Waals surface area contributed by atoms with Crippen molar-refractivity contribution in [3.8, 4) is 17.5 Å². The molecule has 0 radical (unpaired) electrons. The van der Waals surface area contributed by atoms with E-state index in [2.05, 4.69) is 16.0 Å². The van der Waals surface area contributed by atoms with Gasteiger partial charge in [0.25, 0.3) is 0 Å². The Morgan fingerprint density at radius 2 is 1.59 bits per heavy atom. The van der Waals surface area contributed by atoms with Crippen LogP contribution in [0.5, 0.6) is 0 Å². The Hall–Kier alpha value is -3.04. The lowest BCUT2D eigenvalue weighted by atomic mass is 10.2. The maximum Gasteiger partial charge on any atom is 0.235 e.